The van der Waals surface area contributed by atoms with Crippen LogP contribution in [-0.2, 0) is 21.1 Å². The minimum atomic E-state index is -3.22. The van der Waals surface area contributed by atoms with Gasteiger partial charge < -0.3 is 14.8 Å². The zero-order chi connectivity index (χ0) is 20.1. The Hall–Kier alpha value is -2.42. The van der Waals surface area contributed by atoms with Gasteiger partial charge in [0.2, 0.25) is 5.91 Å². The van der Waals surface area contributed by atoms with Gasteiger partial charge in [0, 0.05) is 23.6 Å². The Morgan fingerprint density at radius 3 is 2.57 bits per heavy atom. The fourth-order valence-corrected chi connectivity index (χ4v) is 3.93. The summed E-state index contributed by atoms with van der Waals surface area (Å²) in [6, 6.07) is 11.9. The predicted octanol–water partition coefficient (Wildman–Crippen LogP) is 3.19. The summed E-state index contributed by atoms with van der Waals surface area (Å²) in [7, 11) is -3.22. The summed E-state index contributed by atoms with van der Waals surface area (Å²) in [5.74, 6) is 0.882. The Kier molecular flexibility index (Phi) is 6.33. The summed E-state index contributed by atoms with van der Waals surface area (Å²) in [6.45, 7) is 0.0580. The molecule has 3 aromatic rings. The van der Waals surface area contributed by atoms with Crippen molar-refractivity contribution in [1.82, 2.24) is 5.32 Å². The molecule has 8 heteroatoms. The highest BCUT2D eigenvalue weighted by Gasteiger charge is 2.15. The number of benzene rings is 1. The molecule has 0 saturated heterocycles. The van der Waals surface area contributed by atoms with Crippen LogP contribution in [0.25, 0.3) is 11.3 Å². The van der Waals surface area contributed by atoms with Gasteiger partial charge in [-0.3, -0.25) is 4.79 Å². The highest BCUT2D eigenvalue weighted by atomic mass is 32.2. The van der Waals surface area contributed by atoms with E-state index >= 15 is 0 Å². The van der Waals surface area contributed by atoms with Gasteiger partial charge in [-0.1, -0.05) is 12.1 Å². The fourth-order valence-electron chi connectivity index (χ4n) is 2.65. The third-order valence-corrected chi connectivity index (χ3v) is 6.06. The second kappa shape index (κ2) is 8.72. The van der Waals surface area contributed by atoms with Crippen molar-refractivity contribution in [3.05, 3.63) is 64.5 Å². The Balaban J connectivity index is 1.46. The van der Waals surface area contributed by atoms with Crippen LogP contribution >= 0.6 is 11.3 Å². The number of nitrogens with one attached hydrogen (secondary N) is 1. The highest BCUT2D eigenvalue weighted by Crippen LogP contribution is 2.26. The molecule has 2 aromatic heterocycles. The topological polar surface area (TPSA) is 96.6 Å². The summed E-state index contributed by atoms with van der Waals surface area (Å²) in [6.07, 6.45) is 0.951. The SMILES string of the molecule is CS(=O)(=O)c1ccc(CCC(=O)NCC(O)c2ccc(-c3ccsc3)o2)cc1. The molecule has 2 N–H and O–H groups in total. The second-order valence-electron chi connectivity index (χ2n) is 6.45. The molecule has 1 amide bonds. The van der Waals surface area contributed by atoms with Crippen molar-refractivity contribution in [2.45, 2.75) is 23.8 Å². The van der Waals surface area contributed by atoms with Crippen LogP contribution in [0.4, 0.5) is 0 Å². The van der Waals surface area contributed by atoms with Gasteiger partial charge in [0.25, 0.3) is 0 Å². The summed E-state index contributed by atoms with van der Waals surface area (Å²) in [4.78, 5) is 12.3. The van der Waals surface area contributed by atoms with E-state index in [2.05, 4.69) is 5.32 Å². The van der Waals surface area contributed by atoms with Gasteiger partial charge in [-0.05, 0) is 47.7 Å². The Labute approximate surface area is 167 Å². The number of aliphatic hydroxyl groups is 1. The first kappa shape index (κ1) is 20.3. The number of aliphatic hydroxyl groups excluding tert-OH is 1. The van der Waals surface area contributed by atoms with Gasteiger partial charge in [-0.15, -0.1) is 0 Å². The lowest BCUT2D eigenvalue weighted by molar-refractivity contribution is -0.121. The van der Waals surface area contributed by atoms with Crippen molar-refractivity contribution in [2.24, 2.45) is 0 Å². The molecule has 1 aromatic carbocycles. The number of furan rings is 1. The molecule has 148 valence electrons. The average molecular weight is 420 g/mol. The molecule has 28 heavy (non-hydrogen) atoms. The van der Waals surface area contributed by atoms with E-state index in [1.54, 1.807) is 35.6 Å². The monoisotopic (exact) mass is 419 g/mol. The van der Waals surface area contributed by atoms with Gasteiger partial charge in [0.1, 0.15) is 17.6 Å². The van der Waals surface area contributed by atoms with E-state index in [4.69, 9.17) is 4.42 Å². The Morgan fingerprint density at radius 1 is 1.18 bits per heavy atom. The van der Waals surface area contributed by atoms with Crippen LogP contribution in [0.15, 0.2) is 62.5 Å². The molecule has 1 unspecified atom stereocenters. The minimum absolute atomic E-state index is 0.0580. The summed E-state index contributed by atoms with van der Waals surface area (Å²) >= 11 is 1.56. The molecule has 2 heterocycles. The number of aryl methyl sites for hydroxylation is 1. The minimum Gasteiger partial charge on any atom is -0.458 e. The van der Waals surface area contributed by atoms with Crippen molar-refractivity contribution in [3.8, 4) is 11.3 Å². The molecule has 1 atom stereocenters. The van der Waals surface area contributed by atoms with Gasteiger partial charge in [-0.25, -0.2) is 8.42 Å². The quantitative estimate of drug-likeness (QED) is 0.584. The fraction of sp³-hybridized carbons (Fsp3) is 0.250. The van der Waals surface area contributed by atoms with Gasteiger partial charge >= 0.3 is 0 Å². The van der Waals surface area contributed by atoms with Gasteiger partial charge in [0.05, 0.1) is 11.4 Å². The van der Waals surface area contributed by atoms with Gasteiger partial charge in [-0.2, -0.15) is 11.3 Å². The van der Waals surface area contributed by atoms with E-state index in [1.807, 2.05) is 16.8 Å². The number of carbonyl (C=O) groups excluding carboxylic acids is 1. The summed E-state index contributed by atoms with van der Waals surface area (Å²) < 4.78 is 28.5. The lowest BCUT2D eigenvalue weighted by Gasteiger charge is -2.10. The second-order valence-corrected chi connectivity index (χ2v) is 9.25. The molecule has 0 fully saturated rings. The third-order valence-electron chi connectivity index (χ3n) is 4.25. The van der Waals surface area contributed by atoms with Crippen LogP contribution in [0.2, 0.25) is 0 Å². The zero-order valence-corrected chi connectivity index (χ0v) is 16.9. The van der Waals surface area contributed by atoms with E-state index in [9.17, 15) is 18.3 Å². The van der Waals surface area contributed by atoms with Crippen LogP contribution in [0.5, 0.6) is 0 Å². The molecule has 0 aliphatic carbocycles. The largest absolute Gasteiger partial charge is 0.458 e. The van der Waals surface area contributed by atoms with E-state index in [1.165, 1.54) is 12.1 Å². The van der Waals surface area contributed by atoms with Crippen molar-refractivity contribution in [1.29, 1.82) is 0 Å². The predicted molar refractivity (Wildman–Crippen MR) is 108 cm³/mol. The van der Waals surface area contributed by atoms with Crippen LogP contribution in [-0.4, -0.2) is 32.2 Å². The number of thiophene rings is 1. The molecule has 0 bridgehead atoms. The first-order chi connectivity index (χ1) is 13.3. The smallest absolute Gasteiger partial charge is 0.220 e. The number of rotatable bonds is 8. The lowest BCUT2D eigenvalue weighted by atomic mass is 10.1. The van der Waals surface area contributed by atoms with Crippen molar-refractivity contribution >= 4 is 27.1 Å². The number of amides is 1. The van der Waals surface area contributed by atoms with Crippen LogP contribution < -0.4 is 5.32 Å². The average Bonchev–Trinajstić information content (AvgIpc) is 3.35. The van der Waals surface area contributed by atoms with Crippen molar-refractivity contribution < 1.29 is 22.7 Å². The number of hydrogen-bond donors (Lipinski definition) is 2. The third kappa shape index (κ3) is 5.31. The maximum Gasteiger partial charge on any atom is 0.220 e. The first-order valence-electron chi connectivity index (χ1n) is 8.69. The van der Waals surface area contributed by atoms with Crippen LogP contribution in [0.1, 0.15) is 23.8 Å². The van der Waals surface area contributed by atoms with Crippen molar-refractivity contribution in [3.63, 3.8) is 0 Å². The van der Waals surface area contributed by atoms with E-state index < -0.39 is 15.9 Å². The van der Waals surface area contributed by atoms with Crippen LogP contribution in [0.3, 0.4) is 0 Å². The van der Waals surface area contributed by atoms with E-state index in [0.29, 0.717) is 17.9 Å². The van der Waals surface area contributed by atoms with Crippen molar-refractivity contribution in [2.75, 3.05) is 12.8 Å². The Morgan fingerprint density at radius 2 is 1.93 bits per heavy atom. The summed E-state index contributed by atoms with van der Waals surface area (Å²) in [5.41, 5.74) is 1.82. The van der Waals surface area contributed by atoms with Crippen LogP contribution in [0, 0.1) is 0 Å². The molecule has 3 rings (SSSR count). The molecular formula is C20H21NO5S2. The number of hydrogen-bond acceptors (Lipinski definition) is 6. The molecule has 0 radical (unpaired) electrons. The molecule has 0 aliphatic rings. The maximum absolute atomic E-state index is 12.0. The lowest BCUT2D eigenvalue weighted by Crippen LogP contribution is -2.28. The highest BCUT2D eigenvalue weighted by molar-refractivity contribution is 7.90. The zero-order valence-electron chi connectivity index (χ0n) is 15.3. The number of sulfone groups is 1. The standard InChI is InChI=1S/C20H21NO5S2/c1-28(24,25)16-5-2-14(3-6-16)4-9-20(23)21-12-17(22)19-8-7-18(26-19)15-10-11-27-13-15/h2-3,5-8,10-11,13,17,22H,4,9,12H2,1H3,(H,21,23). The van der Waals surface area contributed by atoms with E-state index in [0.717, 1.165) is 17.4 Å². The molecule has 6 nitrogen and oxygen atoms in total. The molecule has 0 saturated carbocycles. The molecular weight excluding hydrogens is 398 g/mol. The van der Waals surface area contributed by atoms with E-state index in [-0.39, 0.29) is 23.8 Å². The maximum atomic E-state index is 12.0. The molecule has 0 spiro atoms. The first-order valence-corrected chi connectivity index (χ1v) is 11.5. The normalized spacial score (nSPS) is 12.6. The molecule has 0 aliphatic heterocycles. The Bertz CT molecular complexity index is 1020. The van der Waals surface area contributed by atoms with Gasteiger partial charge in [0.15, 0.2) is 9.84 Å². The number of carbonyl (C=O) groups is 1. The summed E-state index contributed by atoms with van der Waals surface area (Å²) in [5, 5.41) is 16.8.